The van der Waals surface area contributed by atoms with Crippen LogP contribution in [0.3, 0.4) is 0 Å². The van der Waals surface area contributed by atoms with E-state index >= 15 is 0 Å². The Balaban J connectivity index is 1.64. The molecular weight excluding hydrogens is 411 g/mol. The number of anilines is 1. The second-order valence-corrected chi connectivity index (χ2v) is 7.57. The Bertz CT molecular complexity index is 839. The number of alkyl halides is 1. The molecule has 2 saturated heterocycles. The molecule has 4 heterocycles. The summed E-state index contributed by atoms with van der Waals surface area (Å²) in [4.78, 5) is 12.9. The summed E-state index contributed by atoms with van der Waals surface area (Å²) in [5.41, 5.74) is 4.10. The zero-order valence-corrected chi connectivity index (χ0v) is 16.7. The lowest BCUT2D eigenvalue weighted by Gasteiger charge is -2.32. The van der Waals surface area contributed by atoms with E-state index in [2.05, 4.69) is 20.4 Å². The third-order valence-electron chi connectivity index (χ3n) is 5.13. The molecule has 28 heavy (non-hydrogen) atoms. The maximum absolute atomic E-state index is 10.3. The quantitative estimate of drug-likeness (QED) is 0.464. The Morgan fingerprint density at radius 2 is 2.18 bits per heavy atom. The normalized spacial score (nSPS) is 31.5. The Hall–Kier alpha value is -1.27. The maximum atomic E-state index is 10.3. The molecule has 3 N–H and O–H groups in total. The van der Waals surface area contributed by atoms with Crippen molar-refractivity contribution in [1.82, 2.24) is 24.5 Å². The first kappa shape index (κ1) is 20.0. The molecule has 4 rings (SSSR count). The third kappa shape index (κ3) is 3.65. The molecule has 10 nitrogen and oxygen atoms in total. The fraction of sp³-hybridized carbons (Fsp3) is 0.688. The maximum Gasteiger partial charge on any atom is 0.226 e. The number of hydrazine groups is 1. The number of fused-ring (bicyclic) bond motifs is 1. The minimum Gasteiger partial charge on any atom is -0.387 e. The predicted octanol–water partition coefficient (Wildman–Crippen LogP) is 0.775. The van der Waals surface area contributed by atoms with Gasteiger partial charge >= 0.3 is 0 Å². The first-order chi connectivity index (χ1) is 13.5. The SMILES string of the molecule is COC1CCCN(Nc2nc(Cl)nc3c2ncn3[C@@H]2O[C@H](CCl)[C@@H](O)[C@H]2O)C1. The van der Waals surface area contributed by atoms with Gasteiger partial charge in [-0.25, -0.2) is 9.99 Å². The lowest BCUT2D eigenvalue weighted by Crippen LogP contribution is -2.42. The molecule has 2 aromatic rings. The summed E-state index contributed by atoms with van der Waals surface area (Å²) < 4.78 is 12.7. The van der Waals surface area contributed by atoms with Crippen molar-refractivity contribution in [2.45, 2.75) is 43.5 Å². The smallest absolute Gasteiger partial charge is 0.226 e. The number of nitrogens with zero attached hydrogens (tertiary/aromatic N) is 5. The molecule has 0 saturated carbocycles. The van der Waals surface area contributed by atoms with E-state index in [-0.39, 0.29) is 17.3 Å². The first-order valence-corrected chi connectivity index (χ1v) is 9.95. The summed E-state index contributed by atoms with van der Waals surface area (Å²) in [6, 6.07) is 0. The van der Waals surface area contributed by atoms with Crippen LogP contribution in [0, 0.1) is 0 Å². The lowest BCUT2D eigenvalue weighted by molar-refractivity contribution is -0.0291. The average molecular weight is 433 g/mol. The number of piperidine rings is 1. The van der Waals surface area contributed by atoms with E-state index in [9.17, 15) is 10.2 Å². The van der Waals surface area contributed by atoms with Crippen molar-refractivity contribution in [2.24, 2.45) is 0 Å². The number of nitrogens with one attached hydrogen (secondary N) is 1. The molecule has 154 valence electrons. The zero-order chi connectivity index (χ0) is 19.8. The van der Waals surface area contributed by atoms with Crippen LogP contribution < -0.4 is 5.43 Å². The highest BCUT2D eigenvalue weighted by Crippen LogP contribution is 2.33. The molecule has 12 heteroatoms. The number of aliphatic hydroxyl groups is 2. The van der Waals surface area contributed by atoms with Crippen LogP contribution in [0.15, 0.2) is 6.33 Å². The largest absolute Gasteiger partial charge is 0.387 e. The summed E-state index contributed by atoms with van der Waals surface area (Å²) in [5, 5.41) is 22.5. The predicted molar refractivity (Wildman–Crippen MR) is 102 cm³/mol. The molecule has 5 atom stereocenters. The number of halogens is 2. The highest BCUT2D eigenvalue weighted by Gasteiger charge is 2.44. The van der Waals surface area contributed by atoms with Gasteiger partial charge in [0.15, 0.2) is 23.2 Å². The average Bonchev–Trinajstić information content (AvgIpc) is 3.23. The highest BCUT2D eigenvalue weighted by molar-refractivity contribution is 6.28. The van der Waals surface area contributed by atoms with Gasteiger partial charge in [-0.1, -0.05) is 0 Å². The van der Waals surface area contributed by atoms with Crippen molar-refractivity contribution < 1.29 is 19.7 Å². The van der Waals surface area contributed by atoms with Gasteiger partial charge in [0, 0.05) is 20.2 Å². The fourth-order valence-corrected chi connectivity index (χ4v) is 4.04. The van der Waals surface area contributed by atoms with E-state index in [4.69, 9.17) is 32.7 Å². The van der Waals surface area contributed by atoms with Crippen LogP contribution in [0.2, 0.25) is 5.28 Å². The number of hydrogen-bond acceptors (Lipinski definition) is 9. The van der Waals surface area contributed by atoms with Crippen molar-refractivity contribution in [3.8, 4) is 0 Å². The molecular formula is C16H22Cl2N6O4. The third-order valence-corrected chi connectivity index (χ3v) is 5.61. The van der Waals surface area contributed by atoms with Gasteiger partial charge in [-0.2, -0.15) is 9.97 Å². The van der Waals surface area contributed by atoms with Crippen LogP contribution in [-0.2, 0) is 9.47 Å². The second-order valence-electron chi connectivity index (χ2n) is 6.92. The lowest BCUT2D eigenvalue weighted by atomic mass is 10.1. The molecule has 2 aromatic heterocycles. The van der Waals surface area contributed by atoms with Crippen LogP contribution in [0.1, 0.15) is 19.1 Å². The van der Waals surface area contributed by atoms with E-state index in [1.165, 1.54) is 10.9 Å². The standard InChI is InChI=1S/C16H22Cl2N6O4/c1-27-8-3-2-4-23(6-8)22-13-10-14(21-16(18)20-13)24(7-19-10)15-12(26)11(25)9(5-17)28-15/h7-9,11-12,15,25-26H,2-6H2,1H3,(H,20,21,22)/t8?,9-,11-,12-,15-/m1/s1. The van der Waals surface area contributed by atoms with Gasteiger partial charge in [0.05, 0.1) is 18.3 Å². The van der Waals surface area contributed by atoms with E-state index in [0.717, 1.165) is 19.4 Å². The molecule has 1 unspecified atom stereocenters. The van der Waals surface area contributed by atoms with Gasteiger partial charge in [-0.3, -0.25) is 4.57 Å². The van der Waals surface area contributed by atoms with Crippen molar-refractivity contribution in [3.05, 3.63) is 11.6 Å². The molecule has 0 amide bonds. The molecule has 2 aliphatic rings. The molecule has 2 aliphatic heterocycles. The summed E-state index contributed by atoms with van der Waals surface area (Å²) >= 11 is 11.9. The summed E-state index contributed by atoms with van der Waals surface area (Å²) in [6.07, 6.45) is -0.227. The Morgan fingerprint density at radius 1 is 1.36 bits per heavy atom. The molecule has 0 radical (unpaired) electrons. The number of aromatic nitrogens is 4. The van der Waals surface area contributed by atoms with E-state index in [1.807, 2.05) is 5.01 Å². The fourth-order valence-electron chi connectivity index (χ4n) is 3.62. The number of ether oxygens (including phenoxy) is 2. The molecule has 0 aliphatic carbocycles. The van der Waals surface area contributed by atoms with Crippen molar-refractivity contribution >= 4 is 40.2 Å². The minimum absolute atomic E-state index is 0.0268. The Morgan fingerprint density at radius 3 is 2.89 bits per heavy atom. The number of methoxy groups -OCH3 is 1. The second kappa shape index (κ2) is 8.23. The zero-order valence-electron chi connectivity index (χ0n) is 15.2. The van der Waals surface area contributed by atoms with Crippen molar-refractivity contribution in [2.75, 3.05) is 31.5 Å². The minimum atomic E-state index is -1.17. The molecule has 2 fully saturated rings. The summed E-state index contributed by atoms with van der Waals surface area (Å²) in [6.45, 7) is 1.53. The van der Waals surface area contributed by atoms with Crippen molar-refractivity contribution in [3.63, 3.8) is 0 Å². The Labute approximate surface area is 171 Å². The van der Waals surface area contributed by atoms with E-state index in [1.54, 1.807) is 7.11 Å². The van der Waals surface area contributed by atoms with Crippen LogP contribution >= 0.6 is 23.2 Å². The summed E-state index contributed by atoms with van der Waals surface area (Å²) in [7, 11) is 1.70. The molecule has 0 bridgehead atoms. The number of imidazole rings is 1. The van der Waals surface area contributed by atoms with Gasteiger partial charge in [-0.05, 0) is 24.4 Å². The van der Waals surface area contributed by atoms with E-state index < -0.39 is 24.5 Å². The number of rotatable bonds is 5. The molecule has 0 spiro atoms. The molecule has 0 aromatic carbocycles. The number of aliphatic hydroxyl groups excluding tert-OH is 2. The topological polar surface area (TPSA) is 118 Å². The van der Waals surface area contributed by atoms with Gasteiger partial charge in [-0.15, -0.1) is 11.6 Å². The van der Waals surface area contributed by atoms with Crippen LogP contribution in [0.4, 0.5) is 5.82 Å². The van der Waals surface area contributed by atoms with Gasteiger partial charge < -0.3 is 25.1 Å². The highest BCUT2D eigenvalue weighted by atomic mass is 35.5. The van der Waals surface area contributed by atoms with Crippen LogP contribution in [-0.4, -0.2) is 85.2 Å². The van der Waals surface area contributed by atoms with Gasteiger partial charge in [0.25, 0.3) is 0 Å². The van der Waals surface area contributed by atoms with Gasteiger partial charge in [0.2, 0.25) is 5.28 Å². The number of hydrogen-bond donors (Lipinski definition) is 3. The van der Waals surface area contributed by atoms with E-state index in [0.29, 0.717) is 23.5 Å². The first-order valence-electron chi connectivity index (χ1n) is 9.04. The Kier molecular flexibility index (Phi) is 5.88. The van der Waals surface area contributed by atoms with Crippen LogP contribution in [0.5, 0.6) is 0 Å². The summed E-state index contributed by atoms with van der Waals surface area (Å²) in [5.74, 6) is 0.506. The van der Waals surface area contributed by atoms with Crippen molar-refractivity contribution in [1.29, 1.82) is 0 Å². The monoisotopic (exact) mass is 432 g/mol. The van der Waals surface area contributed by atoms with Gasteiger partial charge in [0.1, 0.15) is 18.3 Å². The van der Waals surface area contributed by atoms with Crippen LogP contribution in [0.25, 0.3) is 11.2 Å².